The summed E-state index contributed by atoms with van der Waals surface area (Å²) in [6.07, 6.45) is -0.425. The van der Waals surface area contributed by atoms with Gasteiger partial charge >= 0.3 is 5.97 Å². The molecule has 140 valence electrons. The highest BCUT2D eigenvalue weighted by Gasteiger charge is 2.23. The van der Waals surface area contributed by atoms with Crippen LogP contribution in [0.1, 0.15) is 48.4 Å². The van der Waals surface area contributed by atoms with Crippen LogP contribution in [0.3, 0.4) is 0 Å². The first-order valence-electron chi connectivity index (χ1n) is 8.67. The van der Waals surface area contributed by atoms with Gasteiger partial charge in [-0.05, 0) is 37.6 Å². The Labute approximate surface area is 155 Å². The Morgan fingerprint density at radius 3 is 2.27 bits per heavy atom. The molecule has 0 spiro atoms. The second-order valence-corrected chi connectivity index (χ2v) is 8.01. The Kier molecular flexibility index (Phi) is 6.56. The van der Waals surface area contributed by atoms with E-state index < -0.39 is 22.1 Å². The maximum atomic E-state index is 12.6. The lowest BCUT2D eigenvalue weighted by atomic mass is 10.1. The van der Waals surface area contributed by atoms with Gasteiger partial charge < -0.3 is 4.74 Å². The van der Waals surface area contributed by atoms with Crippen LogP contribution >= 0.6 is 0 Å². The first kappa shape index (κ1) is 20.1. The quantitative estimate of drug-likeness (QED) is 0.688. The van der Waals surface area contributed by atoms with Gasteiger partial charge in [-0.15, -0.1) is 0 Å². The van der Waals surface area contributed by atoms with E-state index in [2.05, 4.69) is 0 Å². The lowest BCUT2D eigenvalue weighted by Gasteiger charge is -2.19. The second-order valence-electron chi connectivity index (χ2n) is 6.08. The number of hydrogen-bond acceptors (Lipinski definition) is 4. The van der Waals surface area contributed by atoms with Gasteiger partial charge in [0, 0.05) is 13.1 Å². The SMILES string of the molecule is CCN(CC)S(=O)(=O)c1cccc(C(=O)O[C@@H](C)c2ccc(C)cc2)c1. The molecule has 0 saturated heterocycles. The summed E-state index contributed by atoms with van der Waals surface area (Å²) in [6.45, 7) is 8.09. The minimum atomic E-state index is -3.62. The van der Waals surface area contributed by atoms with Crippen LogP contribution in [0.2, 0.25) is 0 Å². The molecule has 0 N–H and O–H groups in total. The number of carbonyl (C=O) groups is 1. The van der Waals surface area contributed by atoms with Crippen LogP contribution in [0.15, 0.2) is 53.4 Å². The molecule has 0 radical (unpaired) electrons. The van der Waals surface area contributed by atoms with Gasteiger partial charge in [0.25, 0.3) is 0 Å². The van der Waals surface area contributed by atoms with Crippen molar-refractivity contribution in [2.24, 2.45) is 0 Å². The number of aryl methyl sites for hydroxylation is 1. The Morgan fingerprint density at radius 2 is 1.69 bits per heavy atom. The molecular formula is C20H25NO4S. The average molecular weight is 375 g/mol. The fourth-order valence-corrected chi connectivity index (χ4v) is 4.13. The largest absolute Gasteiger partial charge is 0.454 e. The Morgan fingerprint density at radius 1 is 1.08 bits per heavy atom. The van der Waals surface area contributed by atoms with E-state index >= 15 is 0 Å². The van der Waals surface area contributed by atoms with Gasteiger partial charge in [-0.25, -0.2) is 13.2 Å². The van der Waals surface area contributed by atoms with Crippen molar-refractivity contribution in [3.8, 4) is 0 Å². The molecule has 0 aromatic heterocycles. The van der Waals surface area contributed by atoms with Gasteiger partial charge in [0.15, 0.2) is 0 Å². The number of carbonyl (C=O) groups excluding carboxylic acids is 1. The first-order valence-corrected chi connectivity index (χ1v) is 10.1. The molecule has 0 heterocycles. The zero-order valence-corrected chi connectivity index (χ0v) is 16.4. The van der Waals surface area contributed by atoms with Crippen molar-refractivity contribution < 1.29 is 17.9 Å². The van der Waals surface area contributed by atoms with Crippen molar-refractivity contribution in [1.29, 1.82) is 0 Å². The molecule has 5 nitrogen and oxygen atoms in total. The predicted octanol–water partition coefficient (Wildman–Crippen LogP) is 3.94. The third-order valence-electron chi connectivity index (χ3n) is 4.24. The summed E-state index contributed by atoms with van der Waals surface area (Å²) in [4.78, 5) is 12.5. The van der Waals surface area contributed by atoms with E-state index in [0.717, 1.165) is 11.1 Å². The molecule has 26 heavy (non-hydrogen) atoms. The fraction of sp³-hybridized carbons (Fsp3) is 0.350. The Bertz CT molecular complexity index is 856. The minimum Gasteiger partial charge on any atom is -0.454 e. The monoisotopic (exact) mass is 375 g/mol. The van der Waals surface area contributed by atoms with Crippen molar-refractivity contribution in [3.05, 3.63) is 65.2 Å². The zero-order chi connectivity index (χ0) is 19.3. The van der Waals surface area contributed by atoms with Gasteiger partial charge in [0.1, 0.15) is 6.10 Å². The van der Waals surface area contributed by atoms with Gasteiger partial charge in [0.2, 0.25) is 10.0 Å². The highest BCUT2D eigenvalue weighted by molar-refractivity contribution is 7.89. The molecule has 2 rings (SSSR count). The third-order valence-corrected chi connectivity index (χ3v) is 6.29. The summed E-state index contributed by atoms with van der Waals surface area (Å²) in [5, 5.41) is 0. The molecule has 0 amide bonds. The van der Waals surface area contributed by atoms with Gasteiger partial charge in [-0.3, -0.25) is 0 Å². The van der Waals surface area contributed by atoms with Gasteiger partial charge in [-0.1, -0.05) is 49.7 Å². The highest BCUT2D eigenvalue weighted by Crippen LogP contribution is 2.21. The van der Waals surface area contributed by atoms with Gasteiger partial charge in [0.05, 0.1) is 10.5 Å². The van der Waals surface area contributed by atoms with Crippen molar-refractivity contribution in [2.45, 2.75) is 38.7 Å². The smallest absolute Gasteiger partial charge is 0.338 e. The van der Waals surface area contributed by atoms with Crippen molar-refractivity contribution in [3.63, 3.8) is 0 Å². The number of benzene rings is 2. The Hall–Kier alpha value is -2.18. The number of nitrogens with zero attached hydrogens (tertiary/aromatic N) is 1. The van der Waals surface area contributed by atoms with Crippen LogP contribution in [0, 0.1) is 6.92 Å². The average Bonchev–Trinajstić information content (AvgIpc) is 2.63. The summed E-state index contributed by atoms with van der Waals surface area (Å²) >= 11 is 0. The van der Waals surface area contributed by atoms with E-state index in [4.69, 9.17) is 4.74 Å². The highest BCUT2D eigenvalue weighted by atomic mass is 32.2. The molecule has 0 aliphatic rings. The summed E-state index contributed by atoms with van der Waals surface area (Å²) in [5.74, 6) is -0.547. The summed E-state index contributed by atoms with van der Waals surface area (Å²) in [6, 6.07) is 13.7. The van der Waals surface area contributed by atoms with Gasteiger partial charge in [-0.2, -0.15) is 4.31 Å². The number of rotatable bonds is 7. The summed E-state index contributed by atoms with van der Waals surface area (Å²) in [7, 11) is -3.62. The summed E-state index contributed by atoms with van der Waals surface area (Å²) in [5.41, 5.74) is 2.23. The number of esters is 1. The van der Waals surface area contributed by atoms with Crippen molar-refractivity contribution in [1.82, 2.24) is 4.31 Å². The predicted molar refractivity (Wildman–Crippen MR) is 102 cm³/mol. The van der Waals surface area contributed by atoms with Crippen LogP contribution in [0.4, 0.5) is 0 Å². The molecule has 0 aliphatic carbocycles. The molecule has 0 saturated carbocycles. The molecular weight excluding hydrogens is 350 g/mol. The third kappa shape index (κ3) is 4.51. The maximum absolute atomic E-state index is 12.6. The van der Waals surface area contributed by atoms with Crippen LogP contribution in [-0.4, -0.2) is 31.8 Å². The van der Waals surface area contributed by atoms with Crippen LogP contribution in [0.25, 0.3) is 0 Å². The van der Waals surface area contributed by atoms with E-state index in [1.165, 1.54) is 16.4 Å². The molecule has 2 aromatic carbocycles. The van der Waals surface area contributed by atoms with E-state index in [-0.39, 0.29) is 10.5 Å². The van der Waals surface area contributed by atoms with Crippen LogP contribution in [0.5, 0.6) is 0 Å². The van der Waals surface area contributed by atoms with Crippen LogP contribution in [-0.2, 0) is 14.8 Å². The standard InChI is InChI=1S/C20H25NO4S/c1-5-21(6-2)26(23,24)19-9-7-8-18(14-19)20(22)25-16(4)17-12-10-15(3)11-13-17/h7-14,16H,5-6H2,1-4H3/t16-/m0/s1. The lowest BCUT2D eigenvalue weighted by molar-refractivity contribution is 0.0337. The maximum Gasteiger partial charge on any atom is 0.338 e. The Balaban J connectivity index is 2.21. The first-order chi connectivity index (χ1) is 12.3. The summed E-state index contributed by atoms with van der Waals surface area (Å²) < 4.78 is 32.1. The minimum absolute atomic E-state index is 0.0960. The zero-order valence-electron chi connectivity index (χ0n) is 15.6. The fourth-order valence-electron chi connectivity index (χ4n) is 2.63. The molecule has 0 bridgehead atoms. The molecule has 0 aliphatic heterocycles. The van der Waals surface area contributed by atoms with Crippen LogP contribution < -0.4 is 0 Å². The van der Waals surface area contributed by atoms with E-state index in [0.29, 0.717) is 13.1 Å². The number of ether oxygens (including phenoxy) is 1. The van der Waals surface area contributed by atoms with E-state index in [1.807, 2.05) is 31.2 Å². The number of sulfonamides is 1. The lowest BCUT2D eigenvalue weighted by Crippen LogP contribution is -2.30. The van der Waals surface area contributed by atoms with Crippen molar-refractivity contribution in [2.75, 3.05) is 13.1 Å². The van der Waals surface area contributed by atoms with E-state index in [9.17, 15) is 13.2 Å². The normalized spacial score (nSPS) is 12.8. The molecule has 0 fully saturated rings. The molecule has 2 aromatic rings. The van der Waals surface area contributed by atoms with Crippen molar-refractivity contribution >= 4 is 16.0 Å². The molecule has 6 heteroatoms. The molecule has 0 unspecified atom stereocenters. The molecule has 1 atom stereocenters. The number of hydrogen-bond donors (Lipinski definition) is 0. The topological polar surface area (TPSA) is 63.7 Å². The second kappa shape index (κ2) is 8.47. The van der Waals surface area contributed by atoms with E-state index in [1.54, 1.807) is 32.9 Å².